The second-order valence-electron chi connectivity index (χ2n) is 4.09. The van der Waals surface area contributed by atoms with E-state index in [1.54, 1.807) is 25.1 Å². The number of carboxylic acid groups (broad SMARTS) is 1. The molecule has 1 aromatic heterocycles. The molecule has 0 aliphatic rings. The maximum absolute atomic E-state index is 12.1. The van der Waals surface area contributed by atoms with Crippen LogP contribution in [0.25, 0.3) is 0 Å². The summed E-state index contributed by atoms with van der Waals surface area (Å²) < 4.78 is 0.593. The van der Waals surface area contributed by atoms with Crippen LogP contribution in [0.15, 0.2) is 28.9 Å². The quantitative estimate of drug-likeness (QED) is 0.783. The summed E-state index contributed by atoms with van der Waals surface area (Å²) in [7, 11) is 0. The highest BCUT2D eigenvalue weighted by atomic mass is 79.9. The van der Waals surface area contributed by atoms with E-state index in [0.29, 0.717) is 20.8 Å². The number of aryl methyl sites for hydroxylation is 1. The highest BCUT2D eigenvalue weighted by molar-refractivity contribution is 9.10. The fourth-order valence-corrected chi connectivity index (χ4v) is 2.23. The number of rotatable bonds is 3. The van der Waals surface area contributed by atoms with E-state index in [1.165, 1.54) is 6.20 Å². The summed E-state index contributed by atoms with van der Waals surface area (Å²) in [5, 5.41) is 12.2. The van der Waals surface area contributed by atoms with Crippen molar-refractivity contribution in [1.82, 2.24) is 4.98 Å². The van der Waals surface area contributed by atoms with Crippen LogP contribution in [-0.2, 0) is 0 Å². The van der Waals surface area contributed by atoms with Crippen molar-refractivity contribution in [3.8, 4) is 0 Å². The molecular formula is C13H10BrClN2O3. The molecule has 104 valence electrons. The van der Waals surface area contributed by atoms with Gasteiger partial charge in [0.2, 0.25) is 0 Å². The topological polar surface area (TPSA) is 82.2 Å². The average molecular weight is 358 g/mol. The van der Waals surface area contributed by atoms with Crippen LogP contribution in [0.5, 0.6) is 0 Å². The number of hydrogen-bond acceptors (Lipinski definition) is 2. The van der Waals surface area contributed by atoms with E-state index in [1.807, 2.05) is 0 Å². The van der Waals surface area contributed by atoms with Crippen LogP contribution in [0.4, 0.5) is 5.69 Å². The zero-order valence-electron chi connectivity index (χ0n) is 10.3. The lowest BCUT2D eigenvalue weighted by molar-refractivity contribution is 0.0697. The molecule has 5 nitrogen and oxygen atoms in total. The van der Waals surface area contributed by atoms with E-state index >= 15 is 0 Å². The molecule has 0 spiro atoms. The monoisotopic (exact) mass is 356 g/mol. The van der Waals surface area contributed by atoms with E-state index in [2.05, 4.69) is 26.2 Å². The number of aromatic amines is 1. The van der Waals surface area contributed by atoms with Gasteiger partial charge in [-0.2, -0.15) is 0 Å². The Morgan fingerprint density at radius 2 is 2.10 bits per heavy atom. The van der Waals surface area contributed by atoms with E-state index in [9.17, 15) is 9.59 Å². The van der Waals surface area contributed by atoms with Crippen LogP contribution < -0.4 is 5.32 Å². The minimum absolute atomic E-state index is 0.0476. The number of carbonyl (C=O) groups is 2. The largest absolute Gasteiger partial charge is 0.478 e. The molecule has 0 atom stereocenters. The van der Waals surface area contributed by atoms with Crippen LogP contribution in [0.1, 0.15) is 26.4 Å². The normalized spacial score (nSPS) is 10.3. The Balaban J connectivity index is 2.28. The Bertz CT molecular complexity index is 697. The molecule has 0 fully saturated rings. The molecule has 20 heavy (non-hydrogen) atoms. The highest BCUT2D eigenvalue weighted by Gasteiger charge is 2.18. The zero-order valence-corrected chi connectivity index (χ0v) is 12.7. The fourth-order valence-electron chi connectivity index (χ4n) is 1.73. The Morgan fingerprint density at radius 1 is 1.40 bits per heavy atom. The van der Waals surface area contributed by atoms with Crippen molar-refractivity contribution in [2.45, 2.75) is 6.92 Å². The summed E-state index contributed by atoms with van der Waals surface area (Å²) in [6.07, 6.45) is 1.45. The van der Waals surface area contributed by atoms with Gasteiger partial charge in [-0.05, 0) is 41.1 Å². The second kappa shape index (κ2) is 5.68. The van der Waals surface area contributed by atoms with Crippen LogP contribution in [0.3, 0.4) is 0 Å². The maximum atomic E-state index is 12.1. The number of carbonyl (C=O) groups excluding carboxylic acids is 1. The summed E-state index contributed by atoms with van der Waals surface area (Å²) in [6.45, 7) is 1.62. The molecule has 3 N–H and O–H groups in total. The molecular weight excluding hydrogens is 348 g/mol. The van der Waals surface area contributed by atoms with Crippen LogP contribution in [0, 0.1) is 6.92 Å². The Labute approximate surface area is 128 Å². The van der Waals surface area contributed by atoms with Gasteiger partial charge in [0.1, 0.15) is 5.56 Å². The van der Waals surface area contributed by atoms with E-state index in [0.717, 1.165) is 0 Å². The standard InChI is InChI=1S/C13H10BrClN2O3/c1-6-11(13(19)20)10(5-16-6)17-12(18)7-2-3-9(15)8(14)4-7/h2-5,16H,1H3,(H,17,18)(H,19,20). The van der Waals surface area contributed by atoms with Gasteiger partial charge in [0.25, 0.3) is 5.91 Å². The third-order valence-corrected chi connectivity index (χ3v) is 3.94. The van der Waals surface area contributed by atoms with Crippen LogP contribution >= 0.6 is 27.5 Å². The Hall–Kier alpha value is -1.79. The number of aromatic carboxylic acids is 1. The molecule has 1 heterocycles. The fraction of sp³-hybridized carbons (Fsp3) is 0.0769. The molecule has 0 aliphatic carbocycles. The van der Waals surface area contributed by atoms with Crippen molar-refractivity contribution >= 4 is 45.1 Å². The van der Waals surface area contributed by atoms with Gasteiger partial charge in [-0.15, -0.1) is 0 Å². The lowest BCUT2D eigenvalue weighted by Crippen LogP contribution is -2.14. The SMILES string of the molecule is Cc1[nH]cc(NC(=O)c2ccc(Cl)c(Br)c2)c1C(=O)O. The summed E-state index contributed by atoms with van der Waals surface area (Å²) in [4.78, 5) is 26.0. The number of halogens is 2. The molecule has 0 saturated heterocycles. The molecule has 2 rings (SSSR count). The Kier molecular flexibility index (Phi) is 4.15. The highest BCUT2D eigenvalue weighted by Crippen LogP contribution is 2.24. The summed E-state index contributed by atoms with van der Waals surface area (Å²) >= 11 is 9.08. The lowest BCUT2D eigenvalue weighted by atomic mass is 10.2. The van der Waals surface area contributed by atoms with Gasteiger partial charge in [-0.1, -0.05) is 11.6 Å². The lowest BCUT2D eigenvalue weighted by Gasteiger charge is -2.06. The van der Waals surface area contributed by atoms with Gasteiger partial charge in [0.15, 0.2) is 0 Å². The molecule has 0 aliphatic heterocycles. The number of amides is 1. The zero-order chi connectivity index (χ0) is 14.9. The maximum Gasteiger partial charge on any atom is 0.339 e. The van der Waals surface area contributed by atoms with Crippen LogP contribution in [0.2, 0.25) is 5.02 Å². The summed E-state index contributed by atoms with van der Waals surface area (Å²) in [5.74, 6) is -1.51. The van der Waals surface area contributed by atoms with E-state index < -0.39 is 11.9 Å². The number of benzene rings is 1. The minimum atomic E-state index is -1.10. The number of hydrogen-bond donors (Lipinski definition) is 3. The van der Waals surface area contributed by atoms with Crippen molar-refractivity contribution in [1.29, 1.82) is 0 Å². The van der Waals surface area contributed by atoms with Gasteiger partial charge in [-0.3, -0.25) is 4.79 Å². The number of nitrogens with one attached hydrogen (secondary N) is 2. The number of aromatic nitrogens is 1. The Morgan fingerprint density at radius 3 is 2.70 bits per heavy atom. The molecule has 0 radical (unpaired) electrons. The van der Waals surface area contributed by atoms with Gasteiger partial charge in [-0.25, -0.2) is 4.79 Å². The molecule has 1 aromatic carbocycles. The predicted octanol–water partition coefficient (Wildman–Crippen LogP) is 3.69. The first kappa shape index (κ1) is 14.6. The van der Waals surface area contributed by atoms with Crippen molar-refractivity contribution < 1.29 is 14.7 Å². The number of H-pyrrole nitrogens is 1. The van der Waals surface area contributed by atoms with Crippen LogP contribution in [-0.4, -0.2) is 22.0 Å². The average Bonchev–Trinajstić information content (AvgIpc) is 2.73. The third kappa shape index (κ3) is 2.86. The van der Waals surface area contributed by atoms with Crippen molar-refractivity contribution in [3.05, 3.63) is 50.7 Å². The first-order valence-electron chi connectivity index (χ1n) is 5.58. The second-order valence-corrected chi connectivity index (χ2v) is 5.35. The molecule has 2 aromatic rings. The van der Waals surface area contributed by atoms with Gasteiger partial charge in [0.05, 0.1) is 10.7 Å². The smallest absolute Gasteiger partial charge is 0.339 e. The third-order valence-electron chi connectivity index (χ3n) is 2.72. The summed E-state index contributed by atoms with van der Waals surface area (Å²) in [6, 6.07) is 4.71. The first-order chi connectivity index (χ1) is 9.40. The molecule has 1 amide bonds. The molecule has 0 unspecified atom stereocenters. The molecule has 0 bridgehead atoms. The number of carboxylic acids is 1. The predicted molar refractivity (Wildman–Crippen MR) is 79.6 cm³/mol. The first-order valence-corrected chi connectivity index (χ1v) is 6.75. The number of anilines is 1. The van der Waals surface area contributed by atoms with E-state index in [-0.39, 0.29) is 11.3 Å². The van der Waals surface area contributed by atoms with Crippen molar-refractivity contribution in [2.24, 2.45) is 0 Å². The van der Waals surface area contributed by atoms with Crippen molar-refractivity contribution in [3.63, 3.8) is 0 Å². The van der Waals surface area contributed by atoms with Crippen molar-refractivity contribution in [2.75, 3.05) is 5.32 Å². The molecule has 7 heteroatoms. The van der Waals surface area contributed by atoms with Gasteiger partial charge < -0.3 is 15.4 Å². The summed E-state index contributed by atoms with van der Waals surface area (Å²) in [5.41, 5.74) is 1.12. The van der Waals surface area contributed by atoms with E-state index in [4.69, 9.17) is 16.7 Å². The minimum Gasteiger partial charge on any atom is -0.478 e. The van der Waals surface area contributed by atoms with Gasteiger partial charge >= 0.3 is 5.97 Å². The molecule has 0 saturated carbocycles. The van der Waals surface area contributed by atoms with Gasteiger partial charge in [0, 0.05) is 21.9 Å².